The standard InChI is InChI=1S/C14H14N/c1-11-5-4-8-14-13-7-3-2-6-12(13)9-10-15(11)14/h2-8H,9-10H2,1H3/q+1. The van der Waals surface area contributed by atoms with E-state index in [0.717, 1.165) is 13.0 Å². The van der Waals surface area contributed by atoms with Crippen molar-refractivity contribution >= 4 is 0 Å². The maximum atomic E-state index is 2.41. The van der Waals surface area contributed by atoms with Crippen LogP contribution in [0.15, 0.2) is 42.5 Å². The zero-order valence-corrected chi connectivity index (χ0v) is 8.90. The highest BCUT2D eigenvalue weighted by molar-refractivity contribution is 5.61. The van der Waals surface area contributed by atoms with Gasteiger partial charge in [0.05, 0.1) is 0 Å². The number of fused-ring (bicyclic) bond motifs is 3. The van der Waals surface area contributed by atoms with E-state index in [1.165, 1.54) is 22.5 Å². The molecule has 2 heterocycles. The number of hydrogen-bond donors (Lipinski definition) is 0. The summed E-state index contributed by atoms with van der Waals surface area (Å²) in [6, 6.07) is 15.2. The molecule has 3 rings (SSSR count). The first-order chi connectivity index (χ1) is 7.36. The third kappa shape index (κ3) is 1.27. The summed E-state index contributed by atoms with van der Waals surface area (Å²) in [5.74, 6) is 0. The molecule has 0 unspecified atom stereocenters. The zero-order valence-electron chi connectivity index (χ0n) is 8.90. The van der Waals surface area contributed by atoms with Crippen molar-refractivity contribution in [3.63, 3.8) is 0 Å². The normalized spacial score (nSPS) is 13.1. The van der Waals surface area contributed by atoms with Gasteiger partial charge in [0.25, 0.3) is 0 Å². The number of benzene rings is 1. The van der Waals surface area contributed by atoms with Gasteiger partial charge in [-0.05, 0) is 17.7 Å². The van der Waals surface area contributed by atoms with Crippen LogP contribution in [0.5, 0.6) is 0 Å². The summed E-state index contributed by atoms with van der Waals surface area (Å²) >= 11 is 0. The van der Waals surface area contributed by atoms with Gasteiger partial charge in [-0.15, -0.1) is 0 Å². The van der Waals surface area contributed by atoms with Gasteiger partial charge in [0.2, 0.25) is 5.69 Å². The van der Waals surface area contributed by atoms with Crippen LogP contribution in [0, 0.1) is 6.92 Å². The monoisotopic (exact) mass is 196 g/mol. The second kappa shape index (κ2) is 3.20. The molecule has 15 heavy (non-hydrogen) atoms. The Morgan fingerprint density at radius 3 is 2.80 bits per heavy atom. The van der Waals surface area contributed by atoms with Gasteiger partial charge in [-0.1, -0.05) is 18.2 Å². The lowest BCUT2D eigenvalue weighted by molar-refractivity contribution is -0.693. The molecule has 1 aromatic heterocycles. The molecule has 0 N–H and O–H groups in total. The molecule has 1 aromatic carbocycles. The second-order valence-electron chi connectivity index (χ2n) is 4.11. The summed E-state index contributed by atoms with van der Waals surface area (Å²) in [4.78, 5) is 0. The van der Waals surface area contributed by atoms with Crippen molar-refractivity contribution in [2.75, 3.05) is 0 Å². The minimum absolute atomic E-state index is 1.11. The summed E-state index contributed by atoms with van der Waals surface area (Å²) in [7, 11) is 0. The molecule has 2 aromatic rings. The summed E-state index contributed by atoms with van der Waals surface area (Å²) < 4.78 is 2.41. The molecule has 0 bridgehead atoms. The third-order valence-corrected chi connectivity index (χ3v) is 3.21. The van der Waals surface area contributed by atoms with Gasteiger partial charge >= 0.3 is 0 Å². The van der Waals surface area contributed by atoms with Crippen LogP contribution < -0.4 is 4.57 Å². The molecule has 0 fully saturated rings. The molecule has 1 aliphatic rings. The van der Waals surface area contributed by atoms with Crippen LogP contribution in [0.4, 0.5) is 0 Å². The quantitative estimate of drug-likeness (QED) is 0.570. The van der Waals surface area contributed by atoms with E-state index in [0.29, 0.717) is 0 Å². The maximum absolute atomic E-state index is 2.41. The molecular weight excluding hydrogens is 182 g/mol. The van der Waals surface area contributed by atoms with E-state index in [4.69, 9.17) is 0 Å². The van der Waals surface area contributed by atoms with Crippen LogP contribution >= 0.6 is 0 Å². The van der Waals surface area contributed by atoms with Gasteiger partial charge in [-0.25, -0.2) is 0 Å². The highest BCUT2D eigenvalue weighted by atomic mass is 15.0. The van der Waals surface area contributed by atoms with Crippen LogP contribution in [-0.4, -0.2) is 0 Å². The first-order valence-electron chi connectivity index (χ1n) is 5.44. The predicted molar refractivity (Wildman–Crippen MR) is 60.5 cm³/mol. The summed E-state index contributed by atoms with van der Waals surface area (Å²) in [6.45, 7) is 3.29. The molecule has 0 saturated carbocycles. The van der Waals surface area contributed by atoms with Gasteiger partial charge in [-0.3, -0.25) is 0 Å². The molecule has 74 valence electrons. The molecule has 1 aliphatic heterocycles. The van der Waals surface area contributed by atoms with Crippen molar-refractivity contribution in [3.05, 3.63) is 53.7 Å². The number of hydrogen-bond acceptors (Lipinski definition) is 0. The number of rotatable bonds is 0. The van der Waals surface area contributed by atoms with E-state index in [1.807, 2.05) is 0 Å². The summed E-state index contributed by atoms with van der Waals surface area (Å²) in [6.07, 6.45) is 1.15. The largest absolute Gasteiger partial charge is 0.212 e. The van der Waals surface area contributed by atoms with Crippen LogP contribution in [0.25, 0.3) is 11.3 Å². The molecule has 1 nitrogen and oxygen atoms in total. The van der Waals surface area contributed by atoms with Crippen molar-refractivity contribution in [3.8, 4) is 11.3 Å². The van der Waals surface area contributed by atoms with Crippen molar-refractivity contribution in [1.29, 1.82) is 0 Å². The Balaban J connectivity index is 2.30. The fourth-order valence-electron chi connectivity index (χ4n) is 2.40. The number of nitrogens with zero attached hydrogens (tertiary/aromatic N) is 1. The van der Waals surface area contributed by atoms with Crippen LogP contribution in [-0.2, 0) is 13.0 Å². The first-order valence-corrected chi connectivity index (χ1v) is 5.44. The van der Waals surface area contributed by atoms with Crippen LogP contribution in [0.1, 0.15) is 11.3 Å². The summed E-state index contributed by atoms with van der Waals surface area (Å²) in [5.41, 5.74) is 5.58. The second-order valence-corrected chi connectivity index (χ2v) is 4.11. The van der Waals surface area contributed by atoms with E-state index in [9.17, 15) is 0 Å². The van der Waals surface area contributed by atoms with Crippen molar-refractivity contribution in [2.24, 2.45) is 0 Å². The highest BCUT2D eigenvalue weighted by Gasteiger charge is 2.22. The molecule has 1 heteroatoms. The fourth-order valence-corrected chi connectivity index (χ4v) is 2.40. The number of aryl methyl sites for hydroxylation is 2. The van der Waals surface area contributed by atoms with Gasteiger partial charge < -0.3 is 0 Å². The van der Waals surface area contributed by atoms with Crippen molar-refractivity contribution < 1.29 is 4.57 Å². The zero-order chi connectivity index (χ0) is 10.3. The van der Waals surface area contributed by atoms with Gasteiger partial charge in [-0.2, -0.15) is 4.57 Å². The van der Waals surface area contributed by atoms with Crippen LogP contribution in [0.3, 0.4) is 0 Å². The van der Waals surface area contributed by atoms with E-state index in [-0.39, 0.29) is 0 Å². The van der Waals surface area contributed by atoms with Crippen LogP contribution in [0.2, 0.25) is 0 Å². The Morgan fingerprint density at radius 1 is 1.00 bits per heavy atom. The summed E-state index contributed by atoms with van der Waals surface area (Å²) in [5, 5.41) is 0. The number of aromatic nitrogens is 1. The predicted octanol–water partition coefficient (Wildman–Crippen LogP) is 2.51. The topological polar surface area (TPSA) is 3.88 Å². The highest BCUT2D eigenvalue weighted by Crippen LogP contribution is 2.24. The molecule has 0 atom stereocenters. The minimum Gasteiger partial charge on any atom is -0.196 e. The average Bonchev–Trinajstić information content (AvgIpc) is 2.29. The Hall–Kier alpha value is -1.63. The molecule has 0 spiro atoms. The van der Waals surface area contributed by atoms with Crippen molar-refractivity contribution in [1.82, 2.24) is 0 Å². The molecule has 0 amide bonds. The molecular formula is C14H14N+. The minimum atomic E-state index is 1.11. The maximum Gasteiger partial charge on any atom is 0.212 e. The fraction of sp³-hybridized carbons (Fsp3) is 0.214. The van der Waals surface area contributed by atoms with Crippen molar-refractivity contribution in [2.45, 2.75) is 19.9 Å². The lowest BCUT2D eigenvalue weighted by atomic mass is 9.97. The molecule has 0 aliphatic carbocycles. The lowest BCUT2D eigenvalue weighted by Gasteiger charge is -2.15. The van der Waals surface area contributed by atoms with E-state index in [1.54, 1.807) is 0 Å². The SMILES string of the molecule is Cc1cccc2[n+]1CCc1ccccc1-2. The average molecular weight is 196 g/mol. The Bertz CT molecular complexity index is 514. The van der Waals surface area contributed by atoms with Gasteiger partial charge in [0.1, 0.15) is 0 Å². The third-order valence-electron chi connectivity index (χ3n) is 3.21. The lowest BCUT2D eigenvalue weighted by Crippen LogP contribution is -2.42. The van der Waals surface area contributed by atoms with Gasteiger partial charge in [0.15, 0.2) is 12.2 Å². The van der Waals surface area contributed by atoms with E-state index >= 15 is 0 Å². The Morgan fingerprint density at radius 2 is 1.87 bits per heavy atom. The smallest absolute Gasteiger partial charge is 0.196 e. The Labute approximate surface area is 90.0 Å². The molecule has 0 radical (unpaired) electrons. The number of pyridine rings is 1. The van der Waals surface area contributed by atoms with Gasteiger partial charge in [0, 0.05) is 31.0 Å². The van der Waals surface area contributed by atoms with E-state index < -0.39 is 0 Å². The Kier molecular flexibility index (Phi) is 1.84. The first kappa shape index (κ1) is 8.66. The molecule has 0 saturated heterocycles. The van der Waals surface area contributed by atoms with E-state index in [2.05, 4.69) is 54.0 Å².